The lowest BCUT2D eigenvalue weighted by Crippen LogP contribution is -2.21. The Morgan fingerprint density at radius 3 is 2.55 bits per heavy atom. The number of carbonyl (C=O) groups is 1. The summed E-state index contributed by atoms with van der Waals surface area (Å²) in [5.74, 6) is 0.402. The van der Waals surface area contributed by atoms with E-state index >= 15 is 0 Å². The van der Waals surface area contributed by atoms with Crippen LogP contribution in [0, 0.1) is 0 Å². The third kappa shape index (κ3) is 5.07. The molecule has 2 N–H and O–H groups in total. The predicted octanol–water partition coefficient (Wildman–Crippen LogP) is 1.01. The van der Waals surface area contributed by atoms with Crippen LogP contribution in [0.1, 0.15) is 10.4 Å². The van der Waals surface area contributed by atoms with Crippen LogP contribution in [0.4, 0.5) is 5.69 Å². The highest BCUT2D eigenvalue weighted by Crippen LogP contribution is 2.23. The van der Waals surface area contributed by atoms with Gasteiger partial charge in [-0.1, -0.05) is 0 Å². The van der Waals surface area contributed by atoms with Crippen molar-refractivity contribution in [1.82, 2.24) is 4.90 Å². The van der Waals surface area contributed by atoms with Crippen LogP contribution in [0.5, 0.6) is 5.75 Å². The summed E-state index contributed by atoms with van der Waals surface area (Å²) in [6.07, 6.45) is 0. The van der Waals surface area contributed by atoms with E-state index in [1.54, 1.807) is 39.4 Å². The van der Waals surface area contributed by atoms with Crippen LogP contribution in [0.15, 0.2) is 18.2 Å². The molecule has 0 unspecified atom stereocenters. The highest BCUT2D eigenvalue weighted by molar-refractivity contribution is 5.94. The van der Waals surface area contributed by atoms with Crippen LogP contribution in [0.2, 0.25) is 0 Å². The molecule has 0 heterocycles. The average molecular weight is 282 g/mol. The number of nitrogens with zero attached hydrogens (tertiary/aromatic N) is 1. The summed E-state index contributed by atoms with van der Waals surface area (Å²) >= 11 is 0. The zero-order valence-corrected chi connectivity index (χ0v) is 12.2. The second-order valence-corrected chi connectivity index (χ2v) is 4.41. The van der Waals surface area contributed by atoms with Crippen LogP contribution < -0.4 is 10.5 Å². The monoisotopic (exact) mass is 282 g/mol. The van der Waals surface area contributed by atoms with Gasteiger partial charge in [-0.2, -0.15) is 0 Å². The second-order valence-electron chi connectivity index (χ2n) is 4.41. The summed E-state index contributed by atoms with van der Waals surface area (Å²) in [7, 11) is 5.01. The van der Waals surface area contributed by atoms with Crippen molar-refractivity contribution in [3.63, 3.8) is 0 Å². The van der Waals surface area contributed by atoms with Crippen molar-refractivity contribution in [2.75, 3.05) is 53.4 Å². The maximum absolute atomic E-state index is 11.8. The number of methoxy groups -OCH3 is 1. The summed E-state index contributed by atoms with van der Waals surface area (Å²) < 4.78 is 15.7. The van der Waals surface area contributed by atoms with Crippen LogP contribution in [0.25, 0.3) is 0 Å². The summed E-state index contributed by atoms with van der Waals surface area (Å²) in [6.45, 7) is 1.88. The van der Waals surface area contributed by atoms with Gasteiger partial charge in [0.15, 0.2) is 0 Å². The van der Waals surface area contributed by atoms with Crippen molar-refractivity contribution < 1.29 is 19.0 Å². The number of benzene rings is 1. The maximum atomic E-state index is 11.8. The molecule has 0 radical (unpaired) electrons. The van der Waals surface area contributed by atoms with Crippen LogP contribution in [-0.2, 0) is 9.47 Å². The molecule has 1 aromatic rings. The number of carbonyl (C=O) groups excluding carboxylic acids is 1. The number of nitrogen functional groups attached to an aromatic ring is 1. The fraction of sp³-hybridized carbons (Fsp3) is 0.500. The van der Waals surface area contributed by atoms with Gasteiger partial charge in [0.05, 0.1) is 25.5 Å². The molecule has 1 amide bonds. The quantitative estimate of drug-likeness (QED) is 0.569. The fourth-order valence-corrected chi connectivity index (χ4v) is 1.51. The van der Waals surface area contributed by atoms with Crippen LogP contribution in [0.3, 0.4) is 0 Å². The first kappa shape index (κ1) is 16.3. The Kier molecular flexibility index (Phi) is 6.83. The van der Waals surface area contributed by atoms with Gasteiger partial charge in [-0.15, -0.1) is 0 Å². The molecule has 0 aliphatic rings. The lowest BCUT2D eigenvalue weighted by Gasteiger charge is -2.13. The van der Waals surface area contributed by atoms with E-state index < -0.39 is 0 Å². The first-order valence-electron chi connectivity index (χ1n) is 6.37. The van der Waals surface area contributed by atoms with Gasteiger partial charge in [-0.25, -0.2) is 0 Å². The van der Waals surface area contributed by atoms with E-state index in [4.69, 9.17) is 19.9 Å². The normalized spacial score (nSPS) is 10.3. The van der Waals surface area contributed by atoms with E-state index in [2.05, 4.69) is 0 Å². The highest BCUT2D eigenvalue weighted by Gasteiger charge is 2.10. The Labute approximate surface area is 119 Å². The molecular formula is C14H22N2O4. The molecule has 0 fully saturated rings. The molecule has 0 aromatic heterocycles. The Bertz CT molecular complexity index is 435. The second kappa shape index (κ2) is 8.39. The zero-order valence-electron chi connectivity index (χ0n) is 12.2. The zero-order chi connectivity index (χ0) is 15.0. The Balaban J connectivity index is 2.52. The minimum atomic E-state index is -0.0915. The summed E-state index contributed by atoms with van der Waals surface area (Å²) in [6, 6.07) is 4.99. The van der Waals surface area contributed by atoms with E-state index in [1.165, 1.54) is 4.90 Å². The van der Waals surface area contributed by atoms with Crippen molar-refractivity contribution in [1.29, 1.82) is 0 Å². The summed E-state index contributed by atoms with van der Waals surface area (Å²) in [4.78, 5) is 13.4. The van der Waals surface area contributed by atoms with Gasteiger partial charge in [0.25, 0.3) is 5.91 Å². The number of hydrogen-bond donors (Lipinski definition) is 1. The molecule has 1 aromatic carbocycles. The molecule has 0 spiro atoms. The number of ether oxygens (including phenoxy) is 3. The molecule has 0 bridgehead atoms. The number of nitrogens with two attached hydrogens (primary N) is 1. The Morgan fingerprint density at radius 2 is 1.90 bits per heavy atom. The Morgan fingerprint density at radius 1 is 1.20 bits per heavy atom. The van der Waals surface area contributed by atoms with Crippen molar-refractivity contribution in [3.8, 4) is 5.75 Å². The van der Waals surface area contributed by atoms with Gasteiger partial charge in [0, 0.05) is 26.8 Å². The topological polar surface area (TPSA) is 74.0 Å². The van der Waals surface area contributed by atoms with Gasteiger partial charge >= 0.3 is 0 Å². The molecule has 0 saturated heterocycles. The molecule has 0 saturated carbocycles. The molecule has 6 heteroatoms. The largest absolute Gasteiger partial charge is 0.489 e. The molecule has 0 atom stereocenters. The van der Waals surface area contributed by atoms with Crippen LogP contribution in [-0.4, -0.2) is 58.4 Å². The number of anilines is 1. The van der Waals surface area contributed by atoms with Gasteiger partial charge in [0.1, 0.15) is 12.4 Å². The first-order chi connectivity index (χ1) is 9.56. The molecule has 0 aliphatic heterocycles. The van der Waals surface area contributed by atoms with Crippen molar-refractivity contribution in [3.05, 3.63) is 23.8 Å². The van der Waals surface area contributed by atoms with E-state index in [1.807, 2.05) is 0 Å². The number of amides is 1. The lowest BCUT2D eigenvalue weighted by atomic mass is 10.1. The van der Waals surface area contributed by atoms with Crippen LogP contribution >= 0.6 is 0 Å². The molecule has 0 aliphatic carbocycles. The molecule has 6 nitrogen and oxygen atoms in total. The van der Waals surface area contributed by atoms with Crippen molar-refractivity contribution in [2.24, 2.45) is 0 Å². The van der Waals surface area contributed by atoms with E-state index in [9.17, 15) is 4.79 Å². The standard InChI is InChI=1S/C14H22N2O4/c1-16(2)14(17)11-4-5-12(15)13(10-11)20-9-8-19-7-6-18-3/h4-5,10H,6-9,15H2,1-3H3. The van der Waals surface area contributed by atoms with Gasteiger partial charge in [0.2, 0.25) is 0 Å². The van der Waals surface area contributed by atoms with Crippen molar-refractivity contribution in [2.45, 2.75) is 0 Å². The maximum Gasteiger partial charge on any atom is 0.253 e. The predicted molar refractivity (Wildman–Crippen MR) is 77.1 cm³/mol. The smallest absolute Gasteiger partial charge is 0.253 e. The number of hydrogen-bond acceptors (Lipinski definition) is 5. The van der Waals surface area contributed by atoms with Gasteiger partial charge < -0.3 is 24.8 Å². The molecule has 112 valence electrons. The average Bonchev–Trinajstić information content (AvgIpc) is 2.43. The molecular weight excluding hydrogens is 260 g/mol. The number of rotatable bonds is 8. The van der Waals surface area contributed by atoms with E-state index in [0.29, 0.717) is 43.4 Å². The summed E-state index contributed by atoms with van der Waals surface area (Å²) in [5.41, 5.74) is 6.86. The molecule has 1 rings (SSSR count). The first-order valence-corrected chi connectivity index (χ1v) is 6.37. The highest BCUT2D eigenvalue weighted by atomic mass is 16.5. The SMILES string of the molecule is COCCOCCOc1cc(C(=O)N(C)C)ccc1N. The minimum absolute atomic E-state index is 0.0915. The third-order valence-corrected chi connectivity index (χ3v) is 2.58. The van der Waals surface area contributed by atoms with E-state index in [0.717, 1.165) is 0 Å². The van der Waals surface area contributed by atoms with Gasteiger partial charge in [-0.3, -0.25) is 4.79 Å². The van der Waals surface area contributed by atoms with Crippen molar-refractivity contribution >= 4 is 11.6 Å². The third-order valence-electron chi connectivity index (χ3n) is 2.58. The Hall–Kier alpha value is -1.79. The summed E-state index contributed by atoms with van der Waals surface area (Å²) in [5, 5.41) is 0. The fourth-order valence-electron chi connectivity index (χ4n) is 1.51. The lowest BCUT2D eigenvalue weighted by molar-refractivity contribution is 0.0545. The molecule has 20 heavy (non-hydrogen) atoms. The van der Waals surface area contributed by atoms with E-state index in [-0.39, 0.29) is 5.91 Å². The van der Waals surface area contributed by atoms with Gasteiger partial charge in [-0.05, 0) is 18.2 Å². The minimum Gasteiger partial charge on any atom is -0.489 e.